The van der Waals surface area contributed by atoms with Gasteiger partial charge in [-0.3, -0.25) is 4.79 Å². The molecule has 5 aromatic carbocycles. The lowest BCUT2D eigenvalue weighted by Gasteiger charge is -2.43. The lowest BCUT2D eigenvalue weighted by atomic mass is 9.76. The smallest absolute Gasteiger partial charge is 0.264 e. The van der Waals surface area contributed by atoms with Gasteiger partial charge in [0.05, 0.1) is 21.3 Å². The highest BCUT2D eigenvalue weighted by atomic mass is 127. The highest BCUT2D eigenvalue weighted by molar-refractivity contribution is 14.1. The molecule has 0 saturated carbocycles. The number of nitrogens with one attached hydrogen (secondary N) is 1. The average molecular weight is 859 g/mol. The summed E-state index contributed by atoms with van der Waals surface area (Å²) < 4.78 is 12.7. The Morgan fingerprint density at radius 3 is 2.17 bits per heavy atom. The monoisotopic (exact) mass is 857 g/mol. The Labute approximate surface area is 331 Å². The number of rotatable bonds is 8. The van der Waals surface area contributed by atoms with E-state index in [4.69, 9.17) is 37.7 Å². The minimum absolute atomic E-state index is 0.190. The van der Waals surface area contributed by atoms with Crippen molar-refractivity contribution < 1.29 is 14.3 Å². The number of aliphatic imine (C=N–C) groups is 1. The van der Waals surface area contributed by atoms with Crippen LogP contribution < -0.4 is 19.7 Å². The van der Waals surface area contributed by atoms with E-state index >= 15 is 0 Å². The topological polar surface area (TPSA) is 63.2 Å². The van der Waals surface area contributed by atoms with Crippen molar-refractivity contribution in [1.82, 2.24) is 5.32 Å². The maximum atomic E-state index is 13.3. The fraction of sp³-hybridized carbons (Fsp3) is 0.190. The molecule has 8 rings (SSSR count). The molecule has 2 atom stereocenters. The molecule has 1 fully saturated rings. The second-order valence-electron chi connectivity index (χ2n) is 13.0. The molecule has 1 saturated heterocycles. The summed E-state index contributed by atoms with van der Waals surface area (Å²) in [6.45, 7) is 2.31. The Morgan fingerprint density at radius 2 is 1.56 bits per heavy atom. The summed E-state index contributed by atoms with van der Waals surface area (Å²) in [7, 11) is 1.60. The number of benzene rings is 5. The number of amides is 1. The van der Waals surface area contributed by atoms with Gasteiger partial charge in [-0.1, -0.05) is 89.9 Å². The summed E-state index contributed by atoms with van der Waals surface area (Å²) in [4.78, 5) is 21.5. The van der Waals surface area contributed by atoms with Crippen molar-refractivity contribution in [1.29, 1.82) is 0 Å². The largest absolute Gasteiger partial charge is 0.493 e. The first-order valence-electron chi connectivity index (χ1n) is 17.1. The van der Waals surface area contributed by atoms with Crippen LogP contribution >= 0.6 is 57.6 Å². The number of hydrogen-bond donors (Lipinski definition) is 1. The van der Waals surface area contributed by atoms with Crippen LogP contribution in [0.1, 0.15) is 58.1 Å². The van der Waals surface area contributed by atoms with Crippen LogP contribution in [0.5, 0.6) is 11.5 Å². The van der Waals surface area contributed by atoms with Crippen LogP contribution in [0.25, 0.3) is 6.08 Å². The molecule has 52 heavy (non-hydrogen) atoms. The van der Waals surface area contributed by atoms with Crippen LogP contribution in [0.4, 0.5) is 11.4 Å². The first-order chi connectivity index (χ1) is 25.3. The maximum Gasteiger partial charge on any atom is 0.264 e. The number of halogens is 3. The molecule has 0 bridgehead atoms. The molecule has 5 aromatic rings. The van der Waals surface area contributed by atoms with Crippen molar-refractivity contribution in [2.24, 2.45) is 4.99 Å². The minimum Gasteiger partial charge on any atom is -0.493 e. The molecule has 1 amide bonds. The third kappa shape index (κ3) is 7.18. The van der Waals surface area contributed by atoms with Crippen LogP contribution in [0.2, 0.25) is 10.0 Å². The molecule has 0 aromatic heterocycles. The van der Waals surface area contributed by atoms with Crippen molar-refractivity contribution in [2.75, 3.05) is 25.1 Å². The van der Waals surface area contributed by atoms with E-state index in [-0.39, 0.29) is 24.3 Å². The van der Waals surface area contributed by atoms with Gasteiger partial charge < -0.3 is 19.7 Å². The fourth-order valence-electron chi connectivity index (χ4n) is 7.41. The molecular formula is C42H34Cl2IN3O3S. The molecule has 262 valence electrons. The normalized spacial score (nSPS) is 19.5. The van der Waals surface area contributed by atoms with E-state index in [2.05, 4.69) is 106 Å². The van der Waals surface area contributed by atoms with Gasteiger partial charge in [-0.25, -0.2) is 4.99 Å². The van der Waals surface area contributed by atoms with Gasteiger partial charge in [-0.2, -0.15) is 0 Å². The molecule has 6 nitrogen and oxygen atoms in total. The lowest BCUT2D eigenvalue weighted by molar-refractivity contribution is -0.115. The predicted molar refractivity (Wildman–Crippen MR) is 222 cm³/mol. The molecule has 0 spiro atoms. The van der Waals surface area contributed by atoms with Crippen LogP contribution in [0.3, 0.4) is 0 Å². The van der Waals surface area contributed by atoms with Gasteiger partial charge in [0.15, 0.2) is 16.7 Å². The molecule has 3 heterocycles. The number of hydrogen-bond acceptors (Lipinski definition) is 6. The van der Waals surface area contributed by atoms with Crippen LogP contribution in [-0.2, 0) is 11.4 Å². The van der Waals surface area contributed by atoms with Crippen LogP contribution in [0, 0.1) is 3.57 Å². The molecule has 0 radical (unpaired) electrons. The summed E-state index contributed by atoms with van der Waals surface area (Å²) >= 11 is 16.0. The minimum atomic E-state index is -0.190. The fourth-order valence-corrected chi connectivity index (χ4v) is 9.49. The number of ether oxygens (including phenoxy) is 2. The summed E-state index contributed by atoms with van der Waals surface area (Å²) in [6, 6.07) is 35.2. The van der Waals surface area contributed by atoms with E-state index in [1.54, 1.807) is 19.2 Å². The molecule has 0 aliphatic carbocycles. The summed E-state index contributed by atoms with van der Waals surface area (Å²) in [5, 5.41) is 4.68. The zero-order chi connectivity index (χ0) is 35.8. The van der Waals surface area contributed by atoms with Crippen molar-refractivity contribution in [3.8, 4) is 11.5 Å². The van der Waals surface area contributed by atoms with Crippen LogP contribution in [0.15, 0.2) is 113 Å². The third-order valence-corrected chi connectivity index (χ3v) is 12.1. The second kappa shape index (κ2) is 15.2. The van der Waals surface area contributed by atoms with Gasteiger partial charge in [-0.15, -0.1) is 0 Å². The summed E-state index contributed by atoms with van der Waals surface area (Å²) in [5.74, 6) is 1.51. The first-order valence-corrected chi connectivity index (χ1v) is 19.8. The number of thioether (sulfide) groups is 1. The van der Waals surface area contributed by atoms with E-state index in [0.717, 1.165) is 46.3 Å². The molecule has 3 aliphatic heterocycles. The Bertz CT molecular complexity index is 2160. The molecular weight excluding hydrogens is 824 g/mol. The van der Waals surface area contributed by atoms with Gasteiger partial charge >= 0.3 is 0 Å². The highest BCUT2D eigenvalue weighted by Crippen LogP contribution is 2.50. The van der Waals surface area contributed by atoms with E-state index < -0.39 is 0 Å². The SMILES string of the molecule is COc1cc(/C=C2\SC(=Nc3cc4c5c(c3)[C@H](c3ccccc3)CCN5CC[C@@H]4c3ccccc3)NC2=O)cc(I)c1OCc1ccc(Cl)cc1Cl. The Balaban J connectivity index is 1.10. The van der Waals surface area contributed by atoms with Crippen molar-refractivity contribution in [2.45, 2.75) is 31.3 Å². The predicted octanol–water partition coefficient (Wildman–Crippen LogP) is 11.0. The number of anilines is 1. The van der Waals surface area contributed by atoms with Gasteiger partial charge in [0.1, 0.15) is 6.61 Å². The second-order valence-corrected chi connectivity index (χ2v) is 16.0. The van der Waals surface area contributed by atoms with Gasteiger partial charge in [0, 0.05) is 46.2 Å². The zero-order valence-electron chi connectivity index (χ0n) is 28.2. The van der Waals surface area contributed by atoms with E-state index in [1.165, 1.54) is 39.7 Å². The molecule has 3 aliphatic rings. The van der Waals surface area contributed by atoms with E-state index in [9.17, 15) is 4.79 Å². The lowest BCUT2D eigenvalue weighted by Crippen LogP contribution is -2.37. The van der Waals surface area contributed by atoms with Crippen LogP contribution in [-0.4, -0.2) is 31.3 Å². The van der Waals surface area contributed by atoms with Gasteiger partial charge in [-0.05, 0) is 117 Å². The highest BCUT2D eigenvalue weighted by Gasteiger charge is 2.35. The number of nitrogens with zero attached hydrogens (tertiary/aromatic N) is 2. The van der Waals surface area contributed by atoms with Crippen molar-refractivity contribution >= 4 is 86.1 Å². The standard InChI is InChI=1S/C42H34Cl2IN3O3S/c1-50-37-19-25(18-36(45)40(37)51-24-28-12-13-29(43)21-35(28)44)20-38-41(49)47-42(52-38)46-30-22-33-31(26-8-4-2-5-9-26)14-16-48-17-15-32(34(23-30)39(33)48)27-10-6-3-7-11-27/h2-13,18-23,31-32H,14-17,24H2,1H3,(H,46,47,49)/b38-20-/t31-,32+. The Morgan fingerprint density at radius 1 is 0.904 bits per heavy atom. The zero-order valence-corrected chi connectivity index (χ0v) is 32.7. The molecule has 1 N–H and O–H groups in total. The summed E-state index contributed by atoms with van der Waals surface area (Å²) in [5.41, 5.74) is 9.08. The van der Waals surface area contributed by atoms with Crippen molar-refractivity contribution in [3.63, 3.8) is 0 Å². The molecule has 10 heteroatoms. The van der Waals surface area contributed by atoms with E-state index in [0.29, 0.717) is 31.6 Å². The number of carbonyl (C=O) groups is 1. The Kier molecular flexibility index (Phi) is 10.2. The molecule has 0 unspecified atom stereocenters. The Hall–Kier alpha value is -3.96. The first kappa shape index (κ1) is 35.1. The van der Waals surface area contributed by atoms with E-state index in [1.807, 2.05) is 24.3 Å². The van der Waals surface area contributed by atoms with Crippen molar-refractivity contribution in [3.05, 3.63) is 155 Å². The van der Waals surface area contributed by atoms with Gasteiger partial charge in [0.25, 0.3) is 5.91 Å². The maximum absolute atomic E-state index is 13.3. The summed E-state index contributed by atoms with van der Waals surface area (Å²) in [6.07, 6.45) is 3.95. The van der Waals surface area contributed by atoms with Gasteiger partial charge in [0.2, 0.25) is 0 Å². The average Bonchev–Trinajstić information content (AvgIpc) is 3.49. The number of carbonyl (C=O) groups excluding carboxylic acids is 1. The third-order valence-electron chi connectivity index (χ3n) is 9.82. The quantitative estimate of drug-likeness (QED) is 0.124. The number of methoxy groups -OCH3 is 1. The number of amidine groups is 1.